The van der Waals surface area contributed by atoms with E-state index in [1.54, 1.807) is 31.4 Å². The zero-order chi connectivity index (χ0) is 11.5. The Kier molecular flexibility index (Phi) is 2.81. The molecule has 0 aliphatic rings. The SMILES string of the molecule is CNc1nc(-c2ccccc2F)ncc1C. The Balaban J connectivity index is 2.53. The van der Waals surface area contributed by atoms with Gasteiger partial charge < -0.3 is 5.32 Å². The van der Waals surface area contributed by atoms with Crippen molar-refractivity contribution >= 4 is 5.82 Å². The summed E-state index contributed by atoms with van der Waals surface area (Å²) >= 11 is 0. The Bertz CT molecular complexity index is 511. The normalized spacial score (nSPS) is 10.2. The van der Waals surface area contributed by atoms with Crippen molar-refractivity contribution in [3.05, 3.63) is 41.8 Å². The molecular weight excluding hydrogens is 205 g/mol. The molecule has 0 bridgehead atoms. The fourth-order valence-electron chi connectivity index (χ4n) is 1.47. The highest BCUT2D eigenvalue weighted by Crippen LogP contribution is 2.20. The fraction of sp³-hybridized carbons (Fsp3) is 0.167. The smallest absolute Gasteiger partial charge is 0.164 e. The second-order valence-electron chi connectivity index (χ2n) is 3.46. The van der Waals surface area contributed by atoms with Crippen LogP contribution < -0.4 is 5.32 Å². The van der Waals surface area contributed by atoms with Crippen LogP contribution in [0.1, 0.15) is 5.56 Å². The largest absolute Gasteiger partial charge is 0.373 e. The van der Waals surface area contributed by atoms with Gasteiger partial charge in [-0.3, -0.25) is 0 Å². The molecule has 0 unspecified atom stereocenters. The standard InChI is InChI=1S/C12H12FN3/c1-8-7-15-12(16-11(8)14-2)9-5-3-4-6-10(9)13/h3-7H,1-2H3,(H,14,15,16). The first-order chi connectivity index (χ1) is 7.72. The Hall–Kier alpha value is -1.97. The topological polar surface area (TPSA) is 37.8 Å². The molecule has 1 aromatic heterocycles. The Morgan fingerprint density at radius 1 is 1.25 bits per heavy atom. The van der Waals surface area contributed by atoms with E-state index in [4.69, 9.17) is 0 Å². The lowest BCUT2D eigenvalue weighted by Crippen LogP contribution is -2.00. The molecule has 16 heavy (non-hydrogen) atoms. The maximum Gasteiger partial charge on any atom is 0.164 e. The van der Waals surface area contributed by atoms with Gasteiger partial charge in [-0.05, 0) is 19.1 Å². The molecule has 0 aliphatic heterocycles. The van der Waals surface area contributed by atoms with Gasteiger partial charge in [-0.25, -0.2) is 14.4 Å². The number of rotatable bonds is 2. The lowest BCUT2D eigenvalue weighted by atomic mass is 10.2. The highest BCUT2D eigenvalue weighted by Gasteiger charge is 2.08. The highest BCUT2D eigenvalue weighted by atomic mass is 19.1. The third-order valence-electron chi connectivity index (χ3n) is 2.32. The fourth-order valence-corrected chi connectivity index (χ4v) is 1.47. The van der Waals surface area contributed by atoms with Gasteiger partial charge in [0.15, 0.2) is 5.82 Å². The van der Waals surface area contributed by atoms with E-state index >= 15 is 0 Å². The van der Waals surface area contributed by atoms with E-state index in [0.29, 0.717) is 17.2 Å². The van der Waals surface area contributed by atoms with Crippen molar-refractivity contribution in [3.8, 4) is 11.4 Å². The van der Waals surface area contributed by atoms with Crippen molar-refractivity contribution in [3.63, 3.8) is 0 Å². The summed E-state index contributed by atoms with van der Waals surface area (Å²) in [5.41, 5.74) is 1.35. The number of hydrogen-bond acceptors (Lipinski definition) is 3. The molecule has 0 saturated heterocycles. The lowest BCUT2D eigenvalue weighted by molar-refractivity contribution is 0.630. The molecule has 0 amide bonds. The summed E-state index contributed by atoms with van der Waals surface area (Å²) in [4.78, 5) is 8.39. The summed E-state index contributed by atoms with van der Waals surface area (Å²) in [5, 5.41) is 2.95. The molecule has 0 atom stereocenters. The summed E-state index contributed by atoms with van der Waals surface area (Å²) < 4.78 is 13.5. The number of aromatic nitrogens is 2. The Morgan fingerprint density at radius 3 is 2.69 bits per heavy atom. The van der Waals surface area contributed by atoms with E-state index in [1.165, 1.54) is 6.07 Å². The third-order valence-corrected chi connectivity index (χ3v) is 2.32. The molecule has 1 N–H and O–H groups in total. The number of benzene rings is 1. The van der Waals surface area contributed by atoms with Crippen LogP contribution in [0.5, 0.6) is 0 Å². The van der Waals surface area contributed by atoms with Crippen LogP contribution in [0.3, 0.4) is 0 Å². The number of nitrogens with one attached hydrogen (secondary N) is 1. The molecule has 82 valence electrons. The van der Waals surface area contributed by atoms with Crippen molar-refractivity contribution in [2.24, 2.45) is 0 Å². The van der Waals surface area contributed by atoms with Gasteiger partial charge in [0, 0.05) is 18.8 Å². The molecular formula is C12H12FN3. The van der Waals surface area contributed by atoms with Crippen molar-refractivity contribution in [1.82, 2.24) is 9.97 Å². The third kappa shape index (κ3) is 1.86. The van der Waals surface area contributed by atoms with E-state index < -0.39 is 0 Å². The van der Waals surface area contributed by atoms with Crippen LogP contribution in [0.15, 0.2) is 30.5 Å². The van der Waals surface area contributed by atoms with Crippen LogP contribution in [0.4, 0.5) is 10.2 Å². The van der Waals surface area contributed by atoms with Gasteiger partial charge in [0.05, 0.1) is 5.56 Å². The molecule has 3 nitrogen and oxygen atoms in total. The van der Waals surface area contributed by atoms with Gasteiger partial charge in [-0.15, -0.1) is 0 Å². The van der Waals surface area contributed by atoms with E-state index in [-0.39, 0.29) is 5.82 Å². The quantitative estimate of drug-likeness (QED) is 0.840. The van der Waals surface area contributed by atoms with E-state index in [2.05, 4.69) is 15.3 Å². The molecule has 1 aromatic carbocycles. The molecule has 1 heterocycles. The van der Waals surface area contributed by atoms with Gasteiger partial charge >= 0.3 is 0 Å². The number of nitrogens with zero attached hydrogens (tertiary/aromatic N) is 2. The molecule has 0 spiro atoms. The van der Waals surface area contributed by atoms with Crippen LogP contribution in [-0.2, 0) is 0 Å². The molecule has 2 aromatic rings. The van der Waals surface area contributed by atoms with Gasteiger partial charge in [0.25, 0.3) is 0 Å². The first kappa shape index (κ1) is 10.5. The molecule has 0 aliphatic carbocycles. The number of halogens is 1. The van der Waals surface area contributed by atoms with Gasteiger partial charge in [0.1, 0.15) is 11.6 Å². The summed E-state index contributed by atoms with van der Waals surface area (Å²) in [5.74, 6) is 0.801. The van der Waals surface area contributed by atoms with Crippen LogP contribution in [0, 0.1) is 12.7 Å². The van der Waals surface area contributed by atoms with Crippen molar-refractivity contribution < 1.29 is 4.39 Å². The molecule has 0 fully saturated rings. The van der Waals surface area contributed by atoms with Gasteiger partial charge in [-0.2, -0.15) is 0 Å². The lowest BCUT2D eigenvalue weighted by Gasteiger charge is -2.06. The van der Waals surface area contributed by atoms with Crippen molar-refractivity contribution in [2.45, 2.75) is 6.92 Å². The zero-order valence-corrected chi connectivity index (χ0v) is 9.16. The first-order valence-corrected chi connectivity index (χ1v) is 4.98. The molecule has 0 saturated carbocycles. The minimum Gasteiger partial charge on any atom is -0.373 e. The van der Waals surface area contributed by atoms with E-state index in [9.17, 15) is 4.39 Å². The number of hydrogen-bond donors (Lipinski definition) is 1. The van der Waals surface area contributed by atoms with E-state index in [1.807, 2.05) is 6.92 Å². The predicted molar refractivity (Wildman–Crippen MR) is 61.7 cm³/mol. The van der Waals surface area contributed by atoms with Crippen LogP contribution in [-0.4, -0.2) is 17.0 Å². The van der Waals surface area contributed by atoms with Gasteiger partial charge in [-0.1, -0.05) is 12.1 Å². The van der Waals surface area contributed by atoms with Crippen LogP contribution >= 0.6 is 0 Å². The highest BCUT2D eigenvalue weighted by molar-refractivity contribution is 5.58. The summed E-state index contributed by atoms with van der Waals surface area (Å²) in [6.07, 6.45) is 1.68. The maximum absolute atomic E-state index is 13.5. The van der Waals surface area contributed by atoms with Crippen molar-refractivity contribution in [1.29, 1.82) is 0 Å². The molecule has 0 radical (unpaired) electrons. The van der Waals surface area contributed by atoms with E-state index in [0.717, 1.165) is 5.56 Å². The Labute approximate surface area is 93.4 Å². The number of aryl methyl sites for hydroxylation is 1. The molecule has 4 heteroatoms. The summed E-state index contributed by atoms with van der Waals surface area (Å²) in [6.45, 7) is 1.90. The minimum atomic E-state index is -0.312. The number of anilines is 1. The first-order valence-electron chi connectivity index (χ1n) is 4.98. The van der Waals surface area contributed by atoms with Crippen LogP contribution in [0.25, 0.3) is 11.4 Å². The second kappa shape index (κ2) is 4.26. The Morgan fingerprint density at radius 2 is 2.00 bits per heavy atom. The maximum atomic E-state index is 13.5. The summed E-state index contributed by atoms with van der Waals surface area (Å²) in [7, 11) is 1.78. The second-order valence-corrected chi connectivity index (χ2v) is 3.46. The zero-order valence-electron chi connectivity index (χ0n) is 9.16. The average molecular weight is 217 g/mol. The minimum absolute atomic E-state index is 0.312. The van der Waals surface area contributed by atoms with Crippen LogP contribution in [0.2, 0.25) is 0 Å². The average Bonchev–Trinajstić information content (AvgIpc) is 2.31. The molecule has 2 rings (SSSR count). The summed E-state index contributed by atoms with van der Waals surface area (Å²) in [6, 6.07) is 6.48. The predicted octanol–water partition coefficient (Wildman–Crippen LogP) is 2.63. The monoisotopic (exact) mass is 217 g/mol. The van der Waals surface area contributed by atoms with Gasteiger partial charge in [0.2, 0.25) is 0 Å². The van der Waals surface area contributed by atoms with Crippen molar-refractivity contribution in [2.75, 3.05) is 12.4 Å².